The average molecular weight is 467 g/mol. The second-order valence-corrected chi connectivity index (χ2v) is 41.6. The molecule has 2 unspecified atom stereocenters. The first-order valence-corrected chi connectivity index (χ1v) is 24.1. The molecule has 0 heterocycles. The van der Waals surface area contributed by atoms with E-state index in [1.165, 1.54) is 11.1 Å². The van der Waals surface area contributed by atoms with Crippen molar-refractivity contribution in [2.45, 2.75) is 62.8 Å². The van der Waals surface area contributed by atoms with E-state index in [-0.39, 0.29) is 9.76 Å². The molecule has 147 valence electrons. The van der Waals surface area contributed by atoms with Crippen LogP contribution in [0.2, 0.25) is 32.2 Å². The number of fused-ring (bicyclic) bond motifs is 1. The third kappa shape index (κ3) is 5.35. The van der Waals surface area contributed by atoms with Gasteiger partial charge in [-0.15, -0.1) is 0 Å². The summed E-state index contributed by atoms with van der Waals surface area (Å²) in [6.07, 6.45) is 4.45. The fraction of sp³-hybridized carbons (Fsp3) is 0.579. The molecule has 2 rings (SSSR count). The van der Waals surface area contributed by atoms with Crippen LogP contribution in [0.4, 0.5) is 0 Å². The van der Waals surface area contributed by atoms with Crippen LogP contribution in [0, 0.1) is 0 Å². The summed E-state index contributed by atoms with van der Waals surface area (Å²) in [5.41, 5.74) is 2.42. The molecule has 1 N–H and O–H groups in total. The van der Waals surface area contributed by atoms with E-state index < -0.39 is 27.7 Å². The number of halogens is 2. The number of benzene rings is 1. The minimum absolute atomic E-state index is 0.118. The summed E-state index contributed by atoms with van der Waals surface area (Å²) in [4.78, 5) is 0. The summed E-state index contributed by atoms with van der Waals surface area (Å²) in [6, 6.07) is 9.54. The molecule has 0 aromatic heterocycles. The van der Waals surface area contributed by atoms with Crippen molar-refractivity contribution in [3.63, 3.8) is 0 Å². The Morgan fingerprint density at radius 3 is 2.38 bits per heavy atom. The number of allylic oxidation sites excluding steroid dienone is 1. The Balaban J connectivity index is 2.37. The SMILES string of the molecule is C[SiH](CCO[Si](C)(C)C)[Ti]([Cl])([Cl])([NH]C(C)(C)C)[CH]1C=Cc2ccccc21. The van der Waals surface area contributed by atoms with E-state index in [1.807, 2.05) is 0 Å². The Kier molecular flexibility index (Phi) is 6.86. The molecule has 0 saturated heterocycles. The van der Waals surface area contributed by atoms with Crippen molar-refractivity contribution in [3.05, 3.63) is 41.5 Å². The van der Waals surface area contributed by atoms with Gasteiger partial charge in [-0.2, -0.15) is 0 Å². The van der Waals surface area contributed by atoms with Gasteiger partial charge in [-0.05, 0) is 0 Å². The van der Waals surface area contributed by atoms with Crippen molar-refractivity contribution in [1.82, 2.24) is 3.80 Å². The molecule has 2 atom stereocenters. The zero-order valence-electron chi connectivity index (χ0n) is 17.2. The van der Waals surface area contributed by atoms with Gasteiger partial charge < -0.3 is 0 Å². The van der Waals surface area contributed by atoms with Crippen molar-refractivity contribution in [2.24, 2.45) is 0 Å². The molecule has 1 aromatic carbocycles. The Morgan fingerprint density at radius 2 is 1.81 bits per heavy atom. The molecule has 26 heavy (non-hydrogen) atoms. The molecule has 0 fully saturated rings. The van der Waals surface area contributed by atoms with E-state index in [2.05, 4.69) is 87.2 Å². The van der Waals surface area contributed by atoms with E-state index in [1.54, 1.807) is 0 Å². The quantitative estimate of drug-likeness (QED) is 0.478. The molecule has 0 saturated carbocycles. The van der Waals surface area contributed by atoms with Gasteiger partial charge in [0.1, 0.15) is 0 Å². The molecule has 0 aliphatic heterocycles. The Bertz CT molecular complexity index is 683. The van der Waals surface area contributed by atoms with Crippen LogP contribution < -0.4 is 3.80 Å². The van der Waals surface area contributed by atoms with Crippen LogP contribution in [0.5, 0.6) is 0 Å². The molecular weight excluding hydrogens is 433 g/mol. The zero-order chi connectivity index (χ0) is 19.8. The molecule has 1 aliphatic carbocycles. The van der Waals surface area contributed by atoms with E-state index in [0.717, 1.165) is 12.7 Å². The molecule has 2 nitrogen and oxygen atoms in total. The second-order valence-electron chi connectivity index (χ2n) is 9.64. The van der Waals surface area contributed by atoms with Crippen LogP contribution in [-0.4, -0.2) is 27.1 Å². The van der Waals surface area contributed by atoms with Crippen LogP contribution in [0.1, 0.15) is 36.1 Å². The number of hydrogen-bond acceptors (Lipinski definition) is 2. The van der Waals surface area contributed by atoms with Gasteiger partial charge >= 0.3 is 171 Å². The Morgan fingerprint density at radius 1 is 1.19 bits per heavy atom. The first-order chi connectivity index (χ1) is 11.7. The van der Waals surface area contributed by atoms with Crippen LogP contribution >= 0.6 is 18.6 Å². The summed E-state index contributed by atoms with van der Waals surface area (Å²) >= 11 is -4.07. The first kappa shape index (κ1) is 22.9. The molecule has 1 aromatic rings. The number of nitrogens with one attached hydrogen (secondary N) is 1. The fourth-order valence-electron chi connectivity index (χ4n) is 3.74. The van der Waals surface area contributed by atoms with Crippen molar-refractivity contribution in [2.75, 3.05) is 6.61 Å². The third-order valence-electron chi connectivity index (χ3n) is 4.97. The van der Waals surface area contributed by atoms with Gasteiger partial charge in [0.15, 0.2) is 0 Å². The summed E-state index contributed by atoms with van der Waals surface area (Å²) in [5.74, 6) is 0. The van der Waals surface area contributed by atoms with E-state index in [9.17, 15) is 0 Å². The molecule has 1 aliphatic rings. The maximum atomic E-state index is 7.63. The normalized spacial score (nSPS) is 20.5. The van der Waals surface area contributed by atoms with Gasteiger partial charge in [0.2, 0.25) is 0 Å². The molecule has 0 amide bonds. The minimum atomic E-state index is -4.07. The van der Waals surface area contributed by atoms with Gasteiger partial charge in [0.05, 0.1) is 0 Å². The Labute approximate surface area is 170 Å². The van der Waals surface area contributed by atoms with Crippen LogP contribution in [0.15, 0.2) is 30.3 Å². The van der Waals surface area contributed by atoms with E-state index in [0.29, 0.717) is 0 Å². The molecule has 0 spiro atoms. The van der Waals surface area contributed by atoms with Crippen LogP contribution in [0.3, 0.4) is 0 Å². The molecule has 7 heteroatoms. The summed E-state index contributed by atoms with van der Waals surface area (Å²) < 4.78 is 10.1. The molecule has 0 radical (unpaired) electrons. The van der Waals surface area contributed by atoms with E-state index in [4.69, 9.17) is 23.0 Å². The predicted molar refractivity (Wildman–Crippen MR) is 120 cm³/mol. The molecule has 0 bridgehead atoms. The van der Waals surface area contributed by atoms with Gasteiger partial charge in [0, 0.05) is 0 Å². The predicted octanol–water partition coefficient (Wildman–Crippen LogP) is 6.26. The average Bonchev–Trinajstić information content (AvgIpc) is 2.88. The summed E-state index contributed by atoms with van der Waals surface area (Å²) in [7, 11) is 13.7. The topological polar surface area (TPSA) is 21.3 Å². The zero-order valence-corrected chi connectivity index (χ0v) is 22.4. The fourth-order valence-corrected chi connectivity index (χ4v) is 27.7. The van der Waals surface area contributed by atoms with Crippen molar-refractivity contribution in [3.8, 4) is 0 Å². The standard InChI is InChI=1S/C9H7.C6H17OSi2.C4H10N.2ClH.Ti/c1-2-5-9-7-3-6-8(9)4-1;1-8-6-5-7-9(2,3)4;1-4(2,3)5;;;/h1-7H;8H,5-6H2,1-4H3;5H,1-3H3;2*1H;/q;;-1;;;+3/p-2. The van der Waals surface area contributed by atoms with Crippen molar-refractivity contribution >= 4 is 39.7 Å². The van der Waals surface area contributed by atoms with Crippen LogP contribution in [-0.2, 0) is 17.1 Å². The first-order valence-electron chi connectivity index (χ1n) is 9.51. The van der Waals surface area contributed by atoms with Gasteiger partial charge in [-0.3, -0.25) is 0 Å². The summed E-state index contributed by atoms with van der Waals surface area (Å²) in [5, 5.41) is 0. The maximum absolute atomic E-state index is 7.63. The van der Waals surface area contributed by atoms with Gasteiger partial charge in [-0.25, -0.2) is 0 Å². The van der Waals surface area contributed by atoms with E-state index >= 15 is 0 Å². The summed E-state index contributed by atoms with van der Waals surface area (Å²) in [6.45, 7) is 14.8. The number of hydrogen-bond donors (Lipinski definition) is 1. The van der Waals surface area contributed by atoms with Crippen LogP contribution in [0.25, 0.3) is 6.08 Å². The third-order valence-corrected chi connectivity index (χ3v) is 37.3. The van der Waals surface area contributed by atoms with Crippen molar-refractivity contribution in [1.29, 1.82) is 0 Å². The van der Waals surface area contributed by atoms with Gasteiger partial charge in [0.25, 0.3) is 0 Å². The van der Waals surface area contributed by atoms with Gasteiger partial charge in [-0.1, -0.05) is 0 Å². The monoisotopic (exact) mass is 466 g/mol. The Hall–Kier alpha value is 0.608. The second kappa shape index (κ2) is 7.79. The molecular formula is C19H34Cl2NOSi2Ti. The van der Waals surface area contributed by atoms with Crippen molar-refractivity contribution < 1.29 is 17.1 Å². The number of rotatable bonds is 7.